The summed E-state index contributed by atoms with van der Waals surface area (Å²) in [6.45, 7) is 8.53. The molecular formula is C9H21NO. The minimum absolute atomic E-state index is 0. The molecule has 0 aromatic carbocycles. The molecule has 1 saturated heterocycles. The van der Waals surface area contributed by atoms with Crippen molar-refractivity contribution in [2.45, 2.75) is 20.3 Å². The molecule has 11 heavy (non-hydrogen) atoms. The summed E-state index contributed by atoms with van der Waals surface area (Å²) in [5.41, 5.74) is 0. The van der Waals surface area contributed by atoms with Crippen LogP contribution in [0.15, 0.2) is 0 Å². The Labute approximate surface area is 70.8 Å². The van der Waals surface area contributed by atoms with E-state index in [0.29, 0.717) is 0 Å². The highest BCUT2D eigenvalue weighted by Gasteiger charge is 2.12. The fourth-order valence-corrected chi connectivity index (χ4v) is 1.58. The average Bonchev–Trinajstić information content (AvgIpc) is 2.14. The molecule has 0 bridgehead atoms. The first-order valence-electron chi connectivity index (χ1n) is 4.57. The van der Waals surface area contributed by atoms with E-state index in [9.17, 15) is 0 Å². The predicted molar refractivity (Wildman–Crippen MR) is 48.7 cm³/mol. The Hall–Kier alpha value is -0.0800. The van der Waals surface area contributed by atoms with Crippen molar-refractivity contribution in [3.63, 3.8) is 0 Å². The molecule has 68 valence electrons. The van der Waals surface area contributed by atoms with Gasteiger partial charge in [-0.05, 0) is 18.3 Å². The maximum Gasteiger partial charge on any atom is 0.0591 e. The van der Waals surface area contributed by atoms with Crippen LogP contribution in [-0.4, -0.2) is 26.3 Å². The summed E-state index contributed by atoms with van der Waals surface area (Å²) in [6, 6.07) is 0. The second-order valence-electron chi connectivity index (χ2n) is 3.77. The normalized spacial score (nSPS) is 27.0. The zero-order valence-electron chi connectivity index (χ0n) is 7.60. The molecule has 2 heteroatoms. The van der Waals surface area contributed by atoms with Gasteiger partial charge in [0, 0.05) is 14.5 Å². The molecule has 1 N–H and O–H groups in total. The predicted octanol–water partition coefficient (Wildman–Crippen LogP) is 1.51. The van der Waals surface area contributed by atoms with Crippen LogP contribution in [0, 0.1) is 11.8 Å². The summed E-state index contributed by atoms with van der Waals surface area (Å²) in [7, 11) is 0. The van der Waals surface area contributed by atoms with Gasteiger partial charge >= 0.3 is 0 Å². The van der Waals surface area contributed by atoms with Crippen LogP contribution in [0.5, 0.6) is 0 Å². The van der Waals surface area contributed by atoms with Crippen LogP contribution in [0.25, 0.3) is 0 Å². The van der Waals surface area contributed by atoms with Gasteiger partial charge in [0.15, 0.2) is 0 Å². The quantitative estimate of drug-likeness (QED) is 0.659. The second kappa shape index (κ2) is 4.73. The van der Waals surface area contributed by atoms with Gasteiger partial charge in [0.05, 0.1) is 13.2 Å². The molecule has 1 heterocycles. The van der Waals surface area contributed by atoms with Crippen molar-refractivity contribution in [1.29, 1.82) is 0 Å². The first-order valence-corrected chi connectivity index (χ1v) is 4.57. The highest BCUT2D eigenvalue weighted by Crippen LogP contribution is 2.12. The van der Waals surface area contributed by atoms with Crippen LogP contribution >= 0.6 is 0 Å². The number of hydrogen-bond acceptors (Lipinski definition) is 2. The van der Waals surface area contributed by atoms with E-state index in [2.05, 4.69) is 19.2 Å². The van der Waals surface area contributed by atoms with Crippen LogP contribution < -0.4 is 5.32 Å². The number of rotatable bonds is 2. The van der Waals surface area contributed by atoms with Gasteiger partial charge in [0.1, 0.15) is 0 Å². The van der Waals surface area contributed by atoms with Gasteiger partial charge in [-0.3, -0.25) is 0 Å². The van der Waals surface area contributed by atoms with Crippen molar-refractivity contribution in [2.24, 2.45) is 11.8 Å². The van der Waals surface area contributed by atoms with Gasteiger partial charge in [0.25, 0.3) is 0 Å². The summed E-state index contributed by atoms with van der Waals surface area (Å²) >= 11 is 0. The van der Waals surface area contributed by atoms with E-state index < -0.39 is 0 Å². The van der Waals surface area contributed by atoms with Gasteiger partial charge in [-0.1, -0.05) is 13.8 Å². The molecule has 0 amide bonds. The molecule has 0 aliphatic carbocycles. The van der Waals surface area contributed by atoms with Crippen LogP contribution in [0.4, 0.5) is 0 Å². The van der Waals surface area contributed by atoms with Gasteiger partial charge in [0.2, 0.25) is 0 Å². The van der Waals surface area contributed by atoms with E-state index in [1.807, 2.05) is 0 Å². The van der Waals surface area contributed by atoms with E-state index in [-0.39, 0.29) is 1.43 Å². The molecule has 0 aromatic rings. The summed E-state index contributed by atoms with van der Waals surface area (Å²) in [4.78, 5) is 0. The van der Waals surface area contributed by atoms with Crippen LogP contribution in [0.2, 0.25) is 0 Å². The first-order chi connectivity index (χ1) is 5.29. The fraction of sp³-hybridized carbons (Fsp3) is 1.00. The van der Waals surface area contributed by atoms with E-state index in [0.717, 1.165) is 38.1 Å². The summed E-state index contributed by atoms with van der Waals surface area (Å²) in [6.07, 6.45) is 1.28. The minimum atomic E-state index is 0. The number of hydrogen-bond donors (Lipinski definition) is 1. The van der Waals surface area contributed by atoms with Gasteiger partial charge in [-0.15, -0.1) is 0 Å². The Kier molecular flexibility index (Phi) is 3.87. The second-order valence-corrected chi connectivity index (χ2v) is 3.77. The van der Waals surface area contributed by atoms with Crippen molar-refractivity contribution in [2.75, 3.05) is 26.3 Å². The molecule has 1 fully saturated rings. The maximum atomic E-state index is 5.45. The van der Waals surface area contributed by atoms with Crippen LogP contribution in [0.3, 0.4) is 0 Å². The maximum absolute atomic E-state index is 5.45. The average molecular weight is 159 g/mol. The van der Waals surface area contributed by atoms with Crippen molar-refractivity contribution in [1.82, 2.24) is 5.32 Å². The summed E-state index contributed by atoms with van der Waals surface area (Å²) in [5, 5.41) is 3.38. The van der Waals surface area contributed by atoms with Gasteiger partial charge in [-0.2, -0.15) is 0 Å². The molecule has 0 saturated carbocycles. The number of nitrogens with one attached hydrogen (secondary N) is 1. The summed E-state index contributed by atoms with van der Waals surface area (Å²) < 4.78 is 5.45. The Balaban J connectivity index is 0.00000121. The van der Waals surface area contributed by atoms with E-state index >= 15 is 0 Å². The molecule has 0 spiro atoms. The zero-order chi connectivity index (χ0) is 8.10. The van der Waals surface area contributed by atoms with Crippen molar-refractivity contribution in [3.05, 3.63) is 0 Å². The van der Waals surface area contributed by atoms with Crippen molar-refractivity contribution < 1.29 is 6.16 Å². The zero-order valence-corrected chi connectivity index (χ0v) is 7.60. The lowest BCUT2D eigenvalue weighted by atomic mass is 9.98. The molecule has 2 nitrogen and oxygen atoms in total. The Morgan fingerprint density at radius 3 is 3.18 bits per heavy atom. The lowest BCUT2D eigenvalue weighted by Gasteiger charge is -2.15. The third kappa shape index (κ3) is 3.73. The third-order valence-corrected chi connectivity index (χ3v) is 2.01. The molecular weight excluding hydrogens is 138 g/mol. The fourth-order valence-electron chi connectivity index (χ4n) is 1.58. The Morgan fingerprint density at radius 1 is 1.64 bits per heavy atom. The third-order valence-electron chi connectivity index (χ3n) is 2.01. The Morgan fingerprint density at radius 2 is 2.45 bits per heavy atom. The van der Waals surface area contributed by atoms with Crippen LogP contribution in [0.1, 0.15) is 21.7 Å². The topological polar surface area (TPSA) is 21.3 Å². The first kappa shape index (κ1) is 9.01. The number of ether oxygens (including phenoxy) is 1. The lowest BCUT2D eigenvalue weighted by molar-refractivity contribution is 0.116. The lowest BCUT2D eigenvalue weighted by Crippen LogP contribution is -2.23. The van der Waals surface area contributed by atoms with Crippen molar-refractivity contribution in [3.8, 4) is 0 Å². The SMILES string of the molecule is CC(C)CC1CNCCOC1.[HH]. The molecule has 1 unspecified atom stereocenters. The van der Waals surface area contributed by atoms with E-state index in [1.54, 1.807) is 0 Å². The molecule has 1 aliphatic heterocycles. The Bertz CT molecular complexity index is 101. The molecule has 0 radical (unpaired) electrons. The highest BCUT2D eigenvalue weighted by molar-refractivity contribution is 4.66. The van der Waals surface area contributed by atoms with E-state index in [1.165, 1.54) is 6.42 Å². The monoisotopic (exact) mass is 159 g/mol. The molecule has 1 atom stereocenters. The highest BCUT2D eigenvalue weighted by atomic mass is 16.5. The molecule has 1 rings (SSSR count). The smallest absolute Gasteiger partial charge is 0.0591 e. The largest absolute Gasteiger partial charge is 0.380 e. The molecule has 0 aromatic heterocycles. The standard InChI is InChI=1S/C9H19NO.H2/c1-8(2)5-9-6-10-3-4-11-7-9;/h8-10H,3-7H2,1-2H3;1H. The minimum Gasteiger partial charge on any atom is -0.380 e. The summed E-state index contributed by atoms with van der Waals surface area (Å²) in [5.74, 6) is 1.53. The van der Waals surface area contributed by atoms with Crippen molar-refractivity contribution >= 4 is 0 Å². The van der Waals surface area contributed by atoms with Gasteiger partial charge in [-0.25, -0.2) is 0 Å². The molecule has 1 aliphatic rings. The van der Waals surface area contributed by atoms with E-state index in [4.69, 9.17) is 4.74 Å². The van der Waals surface area contributed by atoms with Crippen LogP contribution in [-0.2, 0) is 4.74 Å². The van der Waals surface area contributed by atoms with Gasteiger partial charge < -0.3 is 10.1 Å².